The van der Waals surface area contributed by atoms with Crippen molar-refractivity contribution in [3.05, 3.63) is 53.5 Å². The summed E-state index contributed by atoms with van der Waals surface area (Å²) in [4.78, 5) is 28.3. The average Bonchev–Trinajstić information content (AvgIpc) is 3.34. The van der Waals surface area contributed by atoms with E-state index in [1.807, 2.05) is 12.1 Å². The number of anilines is 1. The number of para-hydroxylation sites is 1. The Labute approximate surface area is 158 Å². The second-order valence-corrected chi connectivity index (χ2v) is 7.93. The molecule has 2 unspecified atom stereocenters. The number of carbonyl (C=O) groups is 2. The number of hydrogen-bond donors (Lipinski definition) is 1. The van der Waals surface area contributed by atoms with Crippen LogP contribution in [0.25, 0.3) is 0 Å². The highest BCUT2D eigenvalue weighted by Gasteiger charge is 2.43. The van der Waals surface area contributed by atoms with E-state index >= 15 is 0 Å². The van der Waals surface area contributed by atoms with E-state index in [9.17, 15) is 14.7 Å². The highest BCUT2D eigenvalue weighted by atomic mass is 16.4. The Morgan fingerprint density at radius 2 is 2.07 bits per heavy atom. The minimum absolute atomic E-state index is 0.213. The summed E-state index contributed by atoms with van der Waals surface area (Å²) in [7, 11) is 0. The summed E-state index contributed by atoms with van der Waals surface area (Å²) in [6.45, 7) is 5.11. The normalized spacial score (nSPS) is 24.3. The number of carboxylic acids is 1. The van der Waals surface area contributed by atoms with E-state index in [1.54, 1.807) is 18.1 Å². The highest BCUT2D eigenvalue weighted by Crippen LogP contribution is 2.35. The summed E-state index contributed by atoms with van der Waals surface area (Å²) in [6, 6.07) is 10.5. The number of likely N-dealkylation sites (tertiary alicyclic amines) is 1. The van der Waals surface area contributed by atoms with E-state index in [1.165, 1.54) is 11.3 Å². The Bertz CT molecular complexity index is 890. The lowest BCUT2D eigenvalue weighted by atomic mass is 9.90. The largest absolute Gasteiger partial charge is 0.481 e. The van der Waals surface area contributed by atoms with Gasteiger partial charge in [-0.25, -0.2) is 0 Å². The Morgan fingerprint density at radius 1 is 1.30 bits per heavy atom. The summed E-state index contributed by atoms with van der Waals surface area (Å²) in [5.41, 5.74) is 2.47. The van der Waals surface area contributed by atoms with E-state index in [0.29, 0.717) is 31.3 Å². The third-order valence-corrected chi connectivity index (χ3v) is 5.91. The van der Waals surface area contributed by atoms with Gasteiger partial charge in [0, 0.05) is 36.9 Å². The third kappa shape index (κ3) is 2.99. The van der Waals surface area contributed by atoms with Gasteiger partial charge >= 0.3 is 5.97 Å². The van der Waals surface area contributed by atoms with Crippen LogP contribution in [0.4, 0.5) is 5.69 Å². The van der Waals surface area contributed by atoms with Crippen molar-refractivity contribution in [2.45, 2.75) is 39.3 Å². The molecule has 3 heterocycles. The monoisotopic (exact) mass is 368 g/mol. The fraction of sp³-hybridized carbons (Fsp3) is 0.429. The molecule has 0 spiro atoms. The van der Waals surface area contributed by atoms with Crippen LogP contribution in [-0.2, 0) is 17.8 Å². The van der Waals surface area contributed by atoms with Crippen LogP contribution in [0.3, 0.4) is 0 Å². The van der Waals surface area contributed by atoms with E-state index in [-0.39, 0.29) is 12.5 Å². The van der Waals surface area contributed by atoms with Gasteiger partial charge in [0.2, 0.25) is 0 Å². The number of rotatable bonds is 4. The van der Waals surface area contributed by atoms with Gasteiger partial charge in [-0.3, -0.25) is 9.59 Å². The molecule has 1 aromatic heterocycles. The minimum Gasteiger partial charge on any atom is -0.481 e. The Hall–Kier alpha value is -2.76. The zero-order chi connectivity index (χ0) is 19.2. The molecule has 4 rings (SSSR count). The smallest absolute Gasteiger partial charge is 0.311 e. The van der Waals surface area contributed by atoms with Gasteiger partial charge in [0.1, 0.15) is 0 Å². The standard InChI is InChI=1S/C21H24N2O4/c1-14-11-15-5-3-4-6-17(15)23(14)12-16-7-10-27-18(16)19(24)22-9-8-21(2,13-22)20(25)26/h3-7,10,14H,8-9,11-13H2,1-2H3,(H,25,26). The SMILES string of the molecule is CC1Cc2ccccc2N1Cc1ccoc1C(=O)N1CCC(C)(C(=O)O)C1. The van der Waals surface area contributed by atoms with Gasteiger partial charge < -0.3 is 19.3 Å². The number of carbonyl (C=O) groups excluding carboxylic acids is 1. The van der Waals surface area contributed by atoms with Crippen molar-refractivity contribution in [1.29, 1.82) is 0 Å². The van der Waals surface area contributed by atoms with Crippen LogP contribution < -0.4 is 4.90 Å². The molecule has 6 heteroatoms. The number of aliphatic carboxylic acids is 1. The summed E-state index contributed by atoms with van der Waals surface area (Å²) in [6.07, 6.45) is 2.99. The molecular formula is C21H24N2O4. The Balaban J connectivity index is 1.54. The number of fused-ring (bicyclic) bond motifs is 1. The van der Waals surface area contributed by atoms with Crippen LogP contribution in [0.1, 0.15) is 41.9 Å². The molecule has 2 atom stereocenters. The van der Waals surface area contributed by atoms with Gasteiger partial charge in [0.15, 0.2) is 5.76 Å². The van der Waals surface area contributed by atoms with Crippen molar-refractivity contribution in [2.75, 3.05) is 18.0 Å². The number of nitrogens with zero attached hydrogens (tertiary/aromatic N) is 2. The molecule has 0 radical (unpaired) electrons. The maximum Gasteiger partial charge on any atom is 0.311 e. The molecule has 1 aromatic carbocycles. The van der Waals surface area contributed by atoms with Gasteiger partial charge in [0.25, 0.3) is 5.91 Å². The molecule has 6 nitrogen and oxygen atoms in total. The van der Waals surface area contributed by atoms with Gasteiger partial charge in [-0.05, 0) is 44.4 Å². The topological polar surface area (TPSA) is 74.0 Å². The number of benzene rings is 1. The van der Waals surface area contributed by atoms with Crippen LogP contribution in [-0.4, -0.2) is 41.0 Å². The zero-order valence-electron chi connectivity index (χ0n) is 15.6. The molecule has 1 fully saturated rings. The number of hydrogen-bond acceptors (Lipinski definition) is 4. The van der Waals surface area contributed by atoms with Crippen LogP contribution in [0.15, 0.2) is 41.0 Å². The van der Waals surface area contributed by atoms with Crippen LogP contribution in [0.2, 0.25) is 0 Å². The maximum atomic E-state index is 13.0. The first kappa shape index (κ1) is 17.6. The molecule has 0 aliphatic carbocycles. The predicted molar refractivity (Wildman–Crippen MR) is 101 cm³/mol. The second kappa shape index (κ2) is 6.44. The lowest BCUT2D eigenvalue weighted by molar-refractivity contribution is -0.147. The van der Waals surface area contributed by atoms with Crippen molar-refractivity contribution in [2.24, 2.45) is 5.41 Å². The highest BCUT2D eigenvalue weighted by molar-refractivity contribution is 5.94. The van der Waals surface area contributed by atoms with Crippen molar-refractivity contribution >= 4 is 17.6 Å². The molecule has 0 saturated carbocycles. The Morgan fingerprint density at radius 3 is 2.81 bits per heavy atom. The quantitative estimate of drug-likeness (QED) is 0.897. The van der Waals surface area contributed by atoms with Gasteiger partial charge in [-0.2, -0.15) is 0 Å². The molecule has 1 saturated heterocycles. The molecule has 142 valence electrons. The number of amides is 1. The fourth-order valence-electron chi connectivity index (χ4n) is 4.15. The van der Waals surface area contributed by atoms with E-state index in [0.717, 1.165) is 12.0 Å². The van der Waals surface area contributed by atoms with E-state index in [2.05, 4.69) is 30.0 Å². The van der Waals surface area contributed by atoms with E-state index in [4.69, 9.17) is 4.42 Å². The summed E-state index contributed by atoms with van der Waals surface area (Å²) >= 11 is 0. The molecule has 0 bridgehead atoms. The molecule has 1 amide bonds. The molecular weight excluding hydrogens is 344 g/mol. The van der Waals surface area contributed by atoms with Crippen LogP contribution in [0.5, 0.6) is 0 Å². The minimum atomic E-state index is -0.884. The third-order valence-electron chi connectivity index (χ3n) is 5.91. The number of carboxylic acid groups (broad SMARTS) is 1. The van der Waals surface area contributed by atoms with Gasteiger partial charge in [-0.15, -0.1) is 0 Å². The van der Waals surface area contributed by atoms with Crippen molar-refractivity contribution in [1.82, 2.24) is 4.90 Å². The predicted octanol–water partition coefficient (Wildman–Crippen LogP) is 3.17. The van der Waals surface area contributed by atoms with Crippen LogP contribution in [0, 0.1) is 5.41 Å². The fourth-order valence-corrected chi connectivity index (χ4v) is 4.15. The lowest BCUT2D eigenvalue weighted by Crippen LogP contribution is -2.35. The first-order valence-corrected chi connectivity index (χ1v) is 9.32. The van der Waals surface area contributed by atoms with Crippen molar-refractivity contribution in [3.63, 3.8) is 0 Å². The first-order valence-electron chi connectivity index (χ1n) is 9.32. The molecule has 27 heavy (non-hydrogen) atoms. The van der Waals surface area contributed by atoms with Crippen LogP contribution >= 0.6 is 0 Å². The van der Waals surface area contributed by atoms with Gasteiger partial charge in [-0.1, -0.05) is 18.2 Å². The van der Waals surface area contributed by atoms with Crippen molar-refractivity contribution < 1.29 is 19.1 Å². The lowest BCUT2D eigenvalue weighted by Gasteiger charge is -2.25. The maximum absolute atomic E-state index is 13.0. The number of furan rings is 1. The molecule has 2 aliphatic heterocycles. The van der Waals surface area contributed by atoms with E-state index < -0.39 is 11.4 Å². The summed E-state index contributed by atoms with van der Waals surface area (Å²) in [5, 5.41) is 9.40. The second-order valence-electron chi connectivity index (χ2n) is 7.93. The molecule has 1 N–H and O–H groups in total. The van der Waals surface area contributed by atoms with Crippen molar-refractivity contribution in [3.8, 4) is 0 Å². The first-order chi connectivity index (χ1) is 12.9. The average molecular weight is 368 g/mol. The van der Waals surface area contributed by atoms with Gasteiger partial charge in [0.05, 0.1) is 11.7 Å². The zero-order valence-corrected chi connectivity index (χ0v) is 15.6. The summed E-state index contributed by atoms with van der Waals surface area (Å²) < 4.78 is 5.54. The Kier molecular flexibility index (Phi) is 4.21. The molecule has 2 aliphatic rings. The summed E-state index contributed by atoms with van der Waals surface area (Å²) in [5.74, 6) is -0.763. The molecule has 2 aromatic rings.